The third kappa shape index (κ3) is 3.29. The molecule has 1 N–H and O–H groups in total. The van der Waals surface area contributed by atoms with Gasteiger partial charge < -0.3 is 5.32 Å². The first-order chi connectivity index (χ1) is 11.4. The SMILES string of the molecule is O=C1CCc2ncc(C(=O)NCc3c(F)cc(F)cc3F)cc2C1. The summed E-state index contributed by atoms with van der Waals surface area (Å²) in [6, 6.07) is 2.67. The number of hydrogen-bond donors (Lipinski definition) is 1. The van der Waals surface area contributed by atoms with Gasteiger partial charge in [0.05, 0.1) is 5.56 Å². The number of aromatic nitrogens is 1. The smallest absolute Gasteiger partial charge is 0.253 e. The van der Waals surface area contributed by atoms with Crippen LogP contribution in [0.2, 0.25) is 0 Å². The Bertz CT molecular complexity index is 814. The minimum atomic E-state index is -1.07. The predicted octanol–water partition coefficient (Wildman–Crippen LogP) is 2.49. The highest BCUT2D eigenvalue weighted by atomic mass is 19.1. The Morgan fingerprint density at radius 3 is 2.54 bits per heavy atom. The highest BCUT2D eigenvalue weighted by Crippen LogP contribution is 2.19. The highest BCUT2D eigenvalue weighted by molar-refractivity contribution is 5.94. The molecule has 1 aliphatic carbocycles. The van der Waals surface area contributed by atoms with E-state index in [1.54, 1.807) is 6.07 Å². The maximum Gasteiger partial charge on any atom is 0.253 e. The van der Waals surface area contributed by atoms with Crippen molar-refractivity contribution in [1.82, 2.24) is 10.3 Å². The van der Waals surface area contributed by atoms with Crippen molar-refractivity contribution in [3.63, 3.8) is 0 Å². The van der Waals surface area contributed by atoms with Crippen molar-refractivity contribution in [2.45, 2.75) is 25.8 Å². The average Bonchev–Trinajstić information content (AvgIpc) is 2.52. The van der Waals surface area contributed by atoms with E-state index in [-0.39, 0.29) is 17.8 Å². The zero-order chi connectivity index (χ0) is 17.3. The van der Waals surface area contributed by atoms with Gasteiger partial charge in [0.2, 0.25) is 0 Å². The number of benzene rings is 1. The summed E-state index contributed by atoms with van der Waals surface area (Å²) in [5.74, 6) is -3.66. The van der Waals surface area contributed by atoms with Crippen LogP contribution in [0.5, 0.6) is 0 Å². The molecular weight excluding hydrogens is 321 g/mol. The van der Waals surface area contributed by atoms with E-state index in [4.69, 9.17) is 0 Å². The van der Waals surface area contributed by atoms with Crippen LogP contribution in [0.1, 0.15) is 33.6 Å². The molecule has 24 heavy (non-hydrogen) atoms. The summed E-state index contributed by atoms with van der Waals surface area (Å²) in [5, 5.41) is 2.37. The van der Waals surface area contributed by atoms with Crippen molar-refractivity contribution in [1.29, 1.82) is 0 Å². The molecule has 2 aromatic rings. The molecule has 0 aliphatic heterocycles. The van der Waals surface area contributed by atoms with Crippen LogP contribution >= 0.6 is 0 Å². The van der Waals surface area contributed by atoms with Crippen LogP contribution in [0.4, 0.5) is 13.2 Å². The first-order valence-corrected chi connectivity index (χ1v) is 7.35. The fraction of sp³-hybridized carbons (Fsp3) is 0.235. The van der Waals surface area contributed by atoms with E-state index in [0.29, 0.717) is 30.5 Å². The summed E-state index contributed by atoms with van der Waals surface area (Å²) < 4.78 is 40.0. The number of rotatable bonds is 3. The maximum absolute atomic E-state index is 13.6. The maximum atomic E-state index is 13.6. The number of amides is 1. The minimum absolute atomic E-state index is 0.0808. The van der Waals surface area contributed by atoms with Crippen LogP contribution in [0, 0.1) is 17.5 Å². The second kappa shape index (κ2) is 6.43. The van der Waals surface area contributed by atoms with E-state index in [9.17, 15) is 22.8 Å². The number of Topliss-reactive ketones (excluding diaryl/α,β-unsaturated/α-hetero) is 1. The second-order valence-corrected chi connectivity index (χ2v) is 5.58. The van der Waals surface area contributed by atoms with E-state index >= 15 is 0 Å². The van der Waals surface area contributed by atoms with Crippen LogP contribution in [0.3, 0.4) is 0 Å². The third-order valence-corrected chi connectivity index (χ3v) is 3.88. The van der Waals surface area contributed by atoms with Gasteiger partial charge >= 0.3 is 0 Å². The molecule has 0 atom stereocenters. The summed E-state index contributed by atoms with van der Waals surface area (Å²) >= 11 is 0. The quantitative estimate of drug-likeness (QED) is 0.938. The van der Waals surface area contributed by atoms with Crippen LogP contribution in [0.25, 0.3) is 0 Å². The van der Waals surface area contributed by atoms with Gasteiger partial charge in [-0.05, 0) is 18.1 Å². The Morgan fingerprint density at radius 2 is 1.83 bits per heavy atom. The lowest BCUT2D eigenvalue weighted by atomic mass is 9.94. The number of nitrogens with one attached hydrogen (secondary N) is 1. The molecule has 1 heterocycles. The van der Waals surface area contributed by atoms with Gasteiger partial charge in [-0.15, -0.1) is 0 Å². The van der Waals surface area contributed by atoms with Gasteiger partial charge in [0, 0.05) is 49.0 Å². The molecule has 1 aromatic heterocycles. The molecular formula is C17H13F3N2O2. The number of nitrogens with zero attached hydrogens (tertiary/aromatic N) is 1. The van der Waals surface area contributed by atoms with Crippen molar-refractivity contribution in [2.75, 3.05) is 0 Å². The molecule has 0 unspecified atom stereocenters. The average molecular weight is 334 g/mol. The van der Waals surface area contributed by atoms with Crippen molar-refractivity contribution in [3.05, 3.63) is 64.2 Å². The number of fused-ring (bicyclic) bond motifs is 1. The van der Waals surface area contributed by atoms with E-state index in [2.05, 4.69) is 10.3 Å². The Kier molecular flexibility index (Phi) is 4.33. The number of ketones is 1. The topological polar surface area (TPSA) is 59.1 Å². The number of pyridine rings is 1. The molecule has 0 spiro atoms. The lowest BCUT2D eigenvalue weighted by Gasteiger charge is -2.15. The summed E-state index contributed by atoms with van der Waals surface area (Å²) in [5.41, 5.74) is 1.25. The Hall–Kier alpha value is -2.70. The molecule has 0 saturated carbocycles. The minimum Gasteiger partial charge on any atom is -0.348 e. The number of halogens is 3. The van der Waals surface area contributed by atoms with E-state index < -0.39 is 35.5 Å². The van der Waals surface area contributed by atoms with Crippen molar-refractivity contribution >= 4 is 11.7 Å². The largest absolute Gasteiger partial charge is 0.348 e. The third-order valence-electron chi connectivity index (χ3n) is 3.88. The zero-order valence-electron chi connectivity index (χ0n) is 12.5. The summed E-state index contributed by atoms with van der Waals surface area (Å²) in [6.07, 6.45) is 2.57. The number of carbonyl (C=O) groups excluding carboxylic acids is 2. The standard InChI is InChI=1S/C17H13F3N2O2/c18-11-5-14(19)13(15(20)6-11)8-22-17(24)10-3-9-4-12(23)1-2-16(9)21-7-10/h3,5-7H,1-2,4,8H2,(H,22,24). The first-order valence-electron chi connectivity index (χ1n) is 7.35. The number of hydrogen-bond acceptors (Lipinski definition) is 3. The molecule has 3 rings (SSSR count). The number of aryl methyl sites for hydroxylation is 1. The van der Waals surface area contributed by atoms with Gasteiger partial charge in [-0.2, -0.15) is 0 Å². The van der Waals surface area contributed by atoms with Gasteiger partial charge in [0.15, 0.2) is 0 Å². The number of carbonyl (C=O) groups is 2. The molecule has 0 saturated heterocycles. The molecule has 1 amide bonds. The fourth-order valence-electron chi connectivity index (χ4n) is 2.61. The monoisotopic (exact) mass is 334 g/mol. The molecule has 0 fully saturated rings. The van der Waals surface area contributed by atoms with Gasteiger partial charge in [-0.3, -0.25) is 14.6 Å². The van der Waals surface area contributed by atoms with Crippen LogP contribution in [-0.4, -0.2) is 16.7 Å². The Labute approximate surface area is 135 Å². The van der Waals surface area contributed by atoms with Gasteiger partial charge in [0.25, 0.3) is 5.91 Å². The molecule has 124 valence electrons. The molecule has 1 aromatic carbocycles. The van der Waals surface area contributed by atoms with E-state index in [0.717, 1.165) is 5.69 Å². The zero-order valence-corrected chi connectivity index (χ0v) is 12.5. The molecule has 4 nitrogen and oxygen atoms in total. The van der Waals surface area contributed by atoms with Crippen molar-refractivity contribution in [3.8, 4) is 0 Å². The predicted molar refractivity (Wildman–Crippen MR) is 78.8 cm³/mol. The highest BCUT2D eigenvalue weighted by Gasteiger charge is 2.19. The van der Waals surface area contributed by atoms with Crippen molar-refractivity contribution in [2.24, 2.45) is 0 Å². The first kappa shape index (κ1) is 16.2. The van der Waals surface area contributed by atoms with Gasteiger partial charge in [0.1, 0.15) is 23.2 Å². The van der Waals surface area contributed by atoms with Crippen LogP contribution < -0.4 is 5.32 Å². The van der Waals surface area contributed by atoms with Crippen LogP contribution in [-0.2, 0) is 24.2 Å². The molecule has 0 radical (unpaired) electrons. The lowest BCUT2D eigenvalue weighted by molar-refractivity contribution is -0.118. The van der Waals surface area contributed by atoms with Gasteiger partial charge in [-0.1, -0.05) is 0 Å². The molecule has 0 bridgehead atoms. The summed E-state index contributed by atoms with van der Waals surface area (Å²) in [4.78, 5) is 27.8. The van der Waals surface area contributed by atoms with E-state index in [1.165, 1.54) is 6.20 Å². The van der Waals surface area contributed by atoms with Gasteiger partial charge in [-0.25, -0.2) is 13.2 Å². The van der Waals surface area contributed by atoms with E-state index in [1.807, 2.05) is 0 Å². The summed E-state index contributed by atoms with van der Waals surface area (Å²) in [7, 11) is 0. The van der Waals surface area contributed by atoms with Crippen molar-refractivity contribution < 1.29 is 22.8 Å². The Morgan fingerprint density at radius 1 is 1.12 bits per heavy atom. The molecule has 1 aliphatic rings. The normalized spacial score (nSPS) is 13.5. The lowest BCUT2D eigenvalue weighted by Crippen LogP contribution is -2.25. The fourth-order valence-corrected chi connectivity index (χ4v) is 2.61. The Balaban J connectivity index is 1.74. The van der Waals surface area contributed by atoms with Crippen LogP contribution in [0.15, 0.2) is 24.4 Å². The second-order valence-electron chi connectivity index (χ2n) is 5.58. The summed E-state index contributed by atoms with van der Waals surface area (Å²) in [6.45, 7) is -0.424. The molecule has 7 heteroatoms.